The van der Waals surface area contributed by atoms with Crippen LogP contribution in [-0.2, 0) is 22.0 Å². The Bertz CT molecular complexity index is 1050. The normalized spacial score (nSPS) is 11.9. The number of aryl methyl sites for hydroxylation is 1. The van der Waals surface area contributed by atoms with Gasteiger partial charge in [-0.05, 0) is 63.3 Å². The molecule has 0 aliphatic rings. The van der Waals surface area contributed by atoms with Gasteiger partial charge in [0, 0.05) is 6.42 Å². The Morgan fingerprint density at radius 1 is 0.781 bits per heavy atom. The Morgan fingerprint density at radius 2 is 1.34 bits per heavy atom. The number of carboxylic acid groups (broad SMARTS) is 1. The van der Waals surface area contributed by atoms with Crippen molar-refractivity contribution in [1.29, 1.82) is 0 Å². The molecular weight excluding hydrogens is 396 g/mol. The molecule has 0 atom stereocenters. The average molecular weight is 431 g/mol. The molecule has 32 heavy (non-hydrogen) atoms. The number of rotatable bonds is 6. The monoisotopic (exact) mass is 430 g/mol. The summed E-state index contributed by atoms with van der Waals surface area (Å²) in [5, 5.41) is 8.99. The largest absolute Gasteiger partial charge is 0.481 e. The van der Waals surface area contributed by atoms with Crippen LogP contribution in [-0.4, -0.2) is 11.1 Å². The van der Waals surface area contributed by atoms with Crippen molar-refractivity contribution in [2.45, 2.75) is 65.2 Å². The lowest BCUT2D eigenvalue weighted by Gasteiger charge is -2.26. The Hall–Kier alpha value is -3.07. The van der Waals surface area contributed by atoms with Crippen LogP contribution in [0, 0.1) is 0 Å². The first-order valence-electron chi connectivity index (χ1n) is 11.2. The molecule has 3 aromatic carbocycles. The second kappa shape index (κ2) is 9.20. The molecule has 3 rings (SSSR count). The van der Waals surface area contributed by atoms with E-state index in [-0.39, 0.29) is 17.3 Å². The molecule has 3 nitrogen and oxygen atoms in total. The minimum absolute atomic E-state index is 0.0682. The van der Waals surface area contributed by atoms with E-state index in [1.165, 1.54) is 16.7 Å². The van der Waals surface area contributed by atoms with Gasteiger partial charge in [0.15, 0.2) is 0 Å². The fourth-order valence-electron chi connectivity index (χ4n) is 3.55. The second-order valence-electron chi connectivity index (χ2n) is 10.4. The summed E-state index contributed by atoms with van der Waals surface area (Å²) in [5.74, 6) is 0.627. The van der Waals surface area contributed by atoms with Crippen molar-refractivity contribution in [3.05, 3.63) is 83.4 Å². The lowest BCUT2D eigenvalue weighted by Crippen LogP contribution is -2.16. The molecule has 0 radical (unpaired) electrons. The lowest BCUT2D eigenvalue weighted by atomic mass is 9.79. The standard InChI is InChI=1S/C29H34O3/c1-28(2,3)23-17-22(18-24(19-23)29(4,5)6)20-11-14-25(15-12-20)32-26-10-8-7-9-21(26)13-16-27(30)31/h7-12,14-15,17-19H,13,16H2,1-6H3,(H,30,31). The van der Waals surface area contributed by atoms with E-state index in [4.69, 9.17) is 9.84 Å². The first-order chi connectivity index (χ1) is 14.9. The van der Waals surface area contributed by atoms with Gasteiger partial charge in [0.2, 0.25) is 0 Å². The first kappa shape index (κ1) is 23.6. The summed E-state index contributed by atoms with van der Waals surface area (Å²) in [7, 11) is 0. The summed E-state index contributed by atoms with van der Waals surface area (Å²) in [4.78, 5) is 10.9. The van der Waals surface area contributed by atoms with E-state index in [2.05, 4.69) is 71.9 Å². The molecule has 0 unspecified atom stereocenters. The van der Waals surface area contributed by atoms with Crippen molar-refractivity contribution in [2.75, 3.05) is 0 Å². The summed E-state index contributed by atoms with van der Waals surface area (Å²) < 4.78 is 6.10. The van der Waals surface area contributed by atoms with E-state index < -0.39 is 5.97 Å². The lowest BCUT2D eigenvalue weighted by molar-refractivity contribution is -0.136. The Kier molecular flexibility index (Phi) is 6.78. The zero-order chi connectivity index (χ0) is 23.5. The van der Waals surface area contributed by atoms with Crippen LogP contribution in [0.2, 0.25) is 0 Å². The molecule has 0 saturated carbocycles. The minimum Gasteiger partial charge on any atom is -0.481 e. The van der Waals surface area contributed by atoms with Gasteiger partial charge in [-0.2, -0.15) is 0 Å². The van der Waals surface area contributed by atoms with E-state index in [9.17, 15) is 4.79 Å². The number of carboxylic acids is 1. The number of para-hydroxylation sites is 1. The smallest absolute Gasteiger partial charge is 0.303 e. The number of ether oxygens (including phenoxy) is 1. The molecule has 0 fully saturated rings. The van der Waals surface area contributed by atoms with Crippen molar-refractivity contribution in [1.82, 2.24) is 0 Å². The Labute approximate surface area is 192 Å². The van der Waals surface area contributed by atoms with Gasteiger partial charge in [-0.25, -0.2) is 0 Å². The maximum Gasteiger partial charge on any atom is 0.303 e. The molecule has 3 heteroatoms. The second-order valence-corrected chi connectivity index (χ2v) is 10.4. The van der Waals surface area contributed by atoms with Crippen LogP contribution in [0.15, 0.2) is 66.7 Å². The predicted octanol–water partition coefficient (Wildman–Crippen LogP) is 7.76. The molecule has 168 valence electrons. The Morgan fingerprint density at radius 3 is 1.88 bits per heavy atom. The van der Waals surface area contributed by atoms with Gasteiger partial charge >= 0.3 is 5.97 Å². The van der Waals surface area contributed by atoms with Crippen molar-refractivity contribution in [3.63, 3.8) is 0 Å². The van der Waals surface area contributed by atoms with Gasteiger partial charge in [-0.15, -0.1) is 0 Å². The summed E-state index contributed by atoms with van der Waals surface area (Å²) in [5.41, 5.74) is 6.04. The molecule has 0 saturated heterocycles. The topological polar surface area (TPSA) is 46.5 Å². The van der Waals surface area contributed by atoms with E-state index >= 15 is 0 Å². The van der Waals surface area contributed by atoms with Gasteiger partial charge in [0.05, 0.1) is 0 Å². The molecule has 0 heterocycles. The molecule has 3 aromatic rings. The highest BCUT2D eigenvalue weighted by Gasteiger charge is 2.21. The minimum atomic E-state index is -0.809. The van der Waals surface area contributed by atoms with Crippen LogP contribution < -0.4 is 4.74 Å². The van der Waals surface area contributed by atoms with Crippen LogP contribution >= 0.6 is 0 Å². The van der Waals surface area contributed by atoms with Gasteiger partial charge < -0.3 is 9.84 Å². The van der Waals surface area contributed by atoms with Gasteiger partial charge in [0.25, 0.3) is 0 Å². The van der Waals surface area contributed by atoms with E-state index in [0.717, 1.165) is 16.9 Å². The summed E-state index contributed by atoms with van der Waals surface area (Å²) >= 11 is 0. The maximum atomic E-state index is 10.9. The van der Waals surface area contributed by atoms with Crippen LogP contribution in [0.3, 0.4) is 0 Å². The number of aliphatic carboxylic acids is 1. The van der Waals surface area contributed by atoms with Crippen LogP contribution in [0.25, 0.3) is 11.1 Å². The average Bonchev–Trinajstić information content (AvgIpc) is 2.72. The Balaban J connectivity index is 1.89. The van der Waals surface area contributed by atoms with E-state index in [1.807, 2.05) is 36.4 Å². The predicted molar refractivity (Wildman–Crippen MR) is 132 cm³/mol. The molecule has 1 N–H and O–H groups in total. The van der Waals surface area contributed by atoms with Crippen molar-refractivity contribution < 1.29 is 14.6 Å². The van der Waals surface area contributed by atoms with Crippen molar-refractivity contribution in [3.8, 4) is 22.6 Å². The SMILES string of the molecule is CC(C)(C)c1cc(-c2ccc(Oc3ccccc3CCC(=O)O)cc2)cc(C(C)(C)C)c1. The third kappa shape index (κ3) is 6.00. The molecule has 0 aliphatic heterocycles. The summed E-state index contributed by atoms with van der Waals surface area (Å²) in [6.07, 6.45) is 0.526. The van der Waals surface area contributed by atoms with E-state index in [0.29, 0.717) is 12.2 Å². The highest BCUT2D eigenvalue weighted by Crippen LogP contribution is 2.35. The third-order valence-electron chi connectivity index (χ3n) is 5.66. The van der Waals surface area contributed by atoms with Crippen molar-refractivity contribution >= 4 is 5.97 Å². The number of hydrogen-bond donors (Lipinski definition) is 1. The fraction of sp³-hybridized carbons (Fsp3) is 0.345. The summed E-state index contributed by atoms with van der Waals surface area (Å²) in [6, 6.07) is 22.6. The molecular formula is C29H34O3. The molecule has 0 bridgehead atoms. The highest BCUT2D eigenvalue weighted by atomic mass is 16.5. The van der Waals surface area contributed by atoms with Gasteiger partial charge in [-0.1, -0.05) is 90.1 Å². The van der Waals surface area contributed by atoms with Crippen molar-refractivity contribution in [2.24, 2.45) is 0 Å². The molecule has 0 spiro atoms. The molecule has 0 amide bonds. The number of benzene rings is 3. The molecule has 0 aromatic heterocycles. The molecule has 0 aliphatic carbocycles. The third-order valence-corrected chi connectivity index (χ3v) is 5.66. The number of hydrogen-bond acceptors (Lipinski definition) is 2. The van der Waals surface area contributed by atoms with Gasteiger partial charge in [0.1, 0.15) is 11.5 Å². The fourth-order valence-corrected chi connectivity index (χ4v) is 3.55. The van der Waals surface area contributed by atoms with Gasteiger partial charge in [-0.3, -0.25) is 4.79 Å². The van der Waals surface area contributed by atoms with Crippen LogP contribution in [0.4, 0.5) is 0 Å². The highest BCUT2D eigenvalue weighted by molar-refractivity contribution is 5.68. The maximum absolute atomic E-state index is 10.9. The van der Waals surface area contributed by atoms with E-state index in [1.54, 1.807) is 0 Å². The number of carbonyl (C=O) groups is 1. The van der Waals surface area contributed by atoms with Crippen LogP contribution in [0.5, 0.6) is 11.5 Å². The zero-order valence-electron chi connectivity index (χ0n) is 20.0. The summed E-state index contributed by atoms with van der Waals surface area (Å²) in [6.45, 7) is 13.5. The zero-order valence-corrected chi connectivity index (χ0v) is 20.0. The first-order valence-corrected chi connectivity index (χ1v) is 11.2. The quantitative estimate of drug-likeness (QED) is 0.435. The van der Waals surface area contributed by atoms with Crippen LogP contribution in [0.1, 0.15) is 64.7 Å².